The topological polar surface area (TPSA) is 12.5 Å². The summed E-state index contributed by atoms with van der Waals surface area (Å²) >= 11 is 2.39. The molecule has 66 valence electrons. The van der Waals surface area contributed by atoms with Crippen molar-refractivity contribution in [3.05, 3.63) is 0 Å². The second kappa shape index (κ2) is 4.05. The normalized spacial score (nSPS) is 39.8. The van der Waals surface area contributed by atoms with Crippen LogP contribution in [0.5, 0.6) is 0 Å². The minimum atomic E-state index is 0.451. The third-order valence-corrected chi connectivity index (χ3v) is 3.94. The van der Waals surface area contributed by atoms with Crippen LogP contribution in [0.2, 0.25) is 0 Å². The fourth-order valence-electron chi connectivity index (χ4n) is 1.85. The molecule has 1 fully saturated rings. The van der Waals surface area contributed by atoms with Crippen molar-refractivity contribution in [2.45, 2.75) is 32.4 Å². The van der Waals surface area contributed by atoms with Crippen LogP contribution in [0, 0.1) is 5.92 Å². The van der Waals surface area contributed by atoms with Crippen LogP contribution in [0.25, 0.3) is 0 Å². The molecule has 0 radical (unpaired) electrons. The zero-order valence-corrected chi connectivity index (χ0v) is 9.54. The lowest BCUT2D eigenvalue weighted by molar-refractivity contribution is 0.0760. The summed E-state index contributed by atoms with van der Waals surface area (Å²) in [6, 6.07) is 0.672. The molecular weight excluding hydrogens is 253 g/mol. The molecule has 1 saturated heterocycles. The fourth-order valence-corrected chi connectivity index (χ4v) is 2.65. The molecule has 3 atom stereocenters. The lowest BCUT2D eigenvalue weighted by Gasteiger charge is -2.19. The predicted octanol–water partition coefficient (Wildman–Crippen LogP) is 2.08. The summed E-state index contributed by atoms with van der Waals surface area (Å²) < 4.78 is 7.76. The summed E-state index contributed by atoms with van der Waals surface area (Å²) in [7, 11) is 1.82. The van der Waals surface area contributed by atoms with E-state index >= 15 is 0 Å². The smallest absolute Gasteiger partial charge is 0.0749 e. The highest BCUT2D eigenvalue weighted by molar-refractivity contribution is 14.1. The first-order chi connectivity index (χ1) is 5.20. The lowest BCUT2D eigenvalue weighted by Crippen LogP contribution is -2.23. The summed E-state index contributed by atoms with van der Waals surface area (Å²) in [5, 5.41) is 0. The zero-order chi connectivity index (χ0) is 8.43. The number of nitrogens with zero attached hydrogens (tertiary/aromatic N) is 1. The van der Waals surface area contributed by atoms with Crippen LogP contribution >= 0.6 is 22.9 Å². The number of hydrogen-bond acceptors (Lipinski definition) is 2. The Morgan fingerprint density at radius 1 is 1.64 bits per heavy atom. The van der Waals surface area contributed by atoms with Gasteiger partial charge in [-0.1, -0.05) is 6.92 Å². The van der Waals surface area contributed by atoms with Gasteiger partial charge in [0, 0.05) is 48.5 Å². The summed E-state index contributed by atoms with van der Waals surface area (Å²) in [6.45, 7) is 5.60. The Labute approximate surface area is 82.8 Å². The zero-order valence-electron chi connectivity index (χ0n) is 7.38. The van der Waals surface area contributed by atoms with Gasteiger partial charge in [-0.3, -0.25) is 0 Å². The van der Waals surface area contributed by atoms with Gasteiger partial charge in [0.25, 0.3) is 0 Å². The molecule has 3 heteroatoms. The first-order valence-corrected chi connectivity index (χ1v) is 5.12. The summed E-state index contributed by atoms with van der Waals surface area (Å²) in [5.41, 5.74) is 0. The van der Waals surface area contributed by atoms with Crippen LogP contribution in [0.15, 0.2) is 0 Å². The highest BCUT2D eigenvalue weighted by Gasteiger charge is 2.36. The van der Waals surface area contributed by atoms with Gasteiger partial charge in [-0.05, 0) is 13.3 Å². The van der Waals surface area contributed by atoms with Crippen LogP contribution in [-0.2, 0) is 4.74 Å². The fraction of sp³-hybridized carbons (Fsp3) is 1.00. The standard InChI is InChI=1S/C8H16INO/c1-4-7-6(2)10(9)5-8(7)11-3/h6-8H,4-5H2,1-3H3. The highest BCUT2D eigenvalue weighted by atomic mass is 127. The van der Waals surface area contributed by atoms with Crippen molar-refractivity contribution >= 4 is 22.9 Å². The average molecular weight is 269 g/mol. The van der Waals surface area contributed by atoms with Crippen molar-refractivity contribution in [1.82, 2.24) is 3.11 Å². The van der Waals surface area contributed by atoms with Crippen molar-refractivity contribution < 1.29 is 4.74 Å². The largest absolute Gasteiger partial charge is 0.380 e. The van der Waals surface area contributed by atoms with E-state index in [1.165, 1.54) is 6.42 Å². The van der Waals surface area contributed by atoms with Gasteiger partial charge in [0.1, 0.15) is 0 Å². The van der Waals surface area contributed by atoms with Gasteiger partial charge in [-0.2, -0.15) is 0 Å². The van der Waals surface area contributed by atoms with Gasteiger partial charge < -0.3 is 4.74 Å². The molecule has 1 heterocycles. The molecule has 0 aliphatic carbocycles. The number of methoxy groups -OCH3 is 1. The molecule has 0 N–H and O–H groups in total. The van der Waals surface area contributed by atoms with Crippen LogP contribution in [-0.4, -0.2) is 28.9 Å². The van der Waals surface area contributed by atoms with Crippen molar-refractivity contribution in [2.24, 2.45) is 5.92 Å². The first-order valence-electron chi connectivity index (χ1n) is 4.16. The molecule has 0 bridgehead atoms. The summed E-state index contributed by atoms with van der Waals surface area (Å²) in [6.07, 6.45) is 1.67. The van der Waals surface area contributed by atoms with E-state index in [9.17, 15) is 0 Å². The van der Waals surface area contributed by atoms with E-state index in [2.05, 4.69) is 39.8 Å². The van der Waals surface area contributed by atoms with Gasteiger partial charge in [-0.15, -0.1) is 0 Å². The third-order valence-electron chi connectivity index (χ3n) is 2.67. The number of ether oxygens (including phenoxy) is 1. The van der Waals surface area contributed by atoms with Gasteiger partial charge in [0.15, 0.2) is 0 Å². The number of rotatable bonds is 2. The van der Waals surface area contributed by atoms with Crippen molar-refractivity contribution in [3.8, 4) is 0 Å². The Bertz CT molecular complexity index is 131. The molecule has 0 aromatic carbocycles. The predicted molar refractivity (Wildman–Crippen MR) is 54.8 cm³/mol. The Hall–Kier alpha value is 0.650. The van der Waals surface area contributed by atoms with Crippen LogP contribution < -0.4 is 0 Å². The molecule has 0 aromatic rings. The monoisotopic (exact) mass is 269 g/mol. The van der Waals surface area contributed by atoms with E-state index in [0.29, 0.717) is 12.1 Å². The van der Waals surface area contributed by atoms with Crippen molar-refractivity contribution in [1.29, 1.82) is 0 Å². The maximum atomic E-state index is 5.41. The SMILES string of the molecule is CCC1C(OC)CN(I)C1C. The summed E-state index contributed by atoms with van der Waals surface area (Å²) in [5.74, 6) is 0.719. The molecular formula is C8H16INO. The van der Waals surface area contributed by atoms with Crippen LogP contribution in [0.3, 0.4) is 0 Å². The molecule has 0 aromatic heterocycles. The Balaban J connectivity index is 2.57. The van der Waals surface area contributed by atoms with E-state index < -0.39 is 0 Å². The van der Waals surface area contributed by atoms with Gasteiger partial charge in [-0.25, -0.2) is 3.11 Å². The van der Waals surface area contributed by atoms with Crippen LogP contribution in [0.4, 0.5) is 0 Å². The van der Waals surface area contributed by atoms with Gasteiger partial charge in [0.05, 0.1) is 6.10 Å². The molecule has 0 spiro atoms. The van der Waals surface area contributed by atoms with Gasteiger partial charge >= 0.3 is 0 Å². The van der Waals surface area contributed by atoms with E-state index in [1.54, 1.807) is 0 Å². The maximum absolute atomic E-state index is 5.41. The van der Waals surface area contributed by atoms with Crippen LogP contribution in [0.1, 0.15) is 20.3 Å². The Morgan fingerprint density at radius 2 is 2.27 bits per heavy atom. The lowest BCUT2D eigenvalue weighted by atomic mass is 9.97. The highest BCUT2D eigenvalue weighted by Crippen LogP contribution is 2.31. The molecule has 1 rings (SSSR count). The molecule has 1 aliphatic heterocycles. The van der Waals surface area contributed by atoms with E-state index in [4.69, 9.17) is 4.74 Å². The van der Waals surface area contributed by atoms with E-state index in [0.717, 1.165) is 12.5 Å². The van der Waals surface area contributed by atoms with E-state index in [-0.39, 0.29) is 0 Å². The number of hydrogen-bond donors (Lipinski definition) is 0. The van der Waals surface area contributed by atoms with Crippen molar-refractivity contribution in [2.75, 3.05) is 13.7 Å². The quantitative estimate of drug-likeness (QED) is 0.562. The Morgan fingerprint density at radius 3 is 2.64 bits per heavy atom. The second-order valence-corrected chi connectivity index (χ2v) is 4.41. The average Bonchev–Trinajstić information content (AvgIpc) is 2.28. The molecule has 11 heavy (non-hydrogen) atoms. The van der Waals surface area contributed by atoms with E-state index in [1.807, 2.05) is 7.11 Å². The van der Waals surface area contributed by atoms with Gasteiger partial charge in [0.2, 0.25) is 0 Å². The minimum Gasteiger partial charge on any atom is -0.380 e. The molecule has 0 saturated carbocycles. The summed E-state index contributed by atoms with van der Waals surface area (Å²) in [4.78, 5) is 0. The molecule has 2 nitrogen and oxygen atoms in total. The number of halogens is 1. The first kappa shape index (κ1) is 9.74. The Kier molecular flexibility index (Phi) is 3.58. The minimum absolute atomic E-state index is 0.451. The second-order valence-electron chi connectivity index (χ2n) is 3.17. The molecule has 1 aliphatic rings. The molecule has 3 unspecified atom stereocenters. The molecule has 0 amide bonds. The maximum Gasteiger partial charge on any atom is 0.0749 e. The third kappa shape index (κ3) is 1.87. The van der Waals surface area contributed by atoms with Crippen molar-refractivity contribution in [3.63, 3.8) is 0 Å².